The fourth-order valence-corrected chi connectivity index (χ4v) is 1.77. The lowest BCUT2D eigenvalue weighted by Gasteiger charge is -2.07. The first-order chi connectivity index (χ1) is 8.81. The largest absolute Gasteiger partial charge is 0.308 e. The average Bonchev–Trinajstić information content (AvgIpc) is 2.40. The van der Waals surface area contributed by atoms with Gasteiger partial charge in [0.15, 0.2) is 0 Å². The van der Waals surface area contributed by atoms with Gasteiger partial charge in [0.25, 0.3) is 0 Å². The van der Waals surface area contributed by atoms with E-state index in [0.717, 1.165) is 29.9 Å². The number of hydrogen-bond donors (Lipinski definition) is 2. The van der Waals surface area contributed by atoms with Crippen molar-refractivity contribution in [2.75, 3.05) is 5.43 Å². The number of hydrazine groups is 1. The first-order valence-corrected chi connectivity index (χ1v) is 6.04. The molecule has 0 saturated heterocycles. The van der Waals surface area contributed by atoms with Crippen molar-refractivity contribution < 1.29 is 0 Å². The van der Waals surface area contributed by atoms with Crippen LogP contribution in [0, 0.1) is 0 Å². The van der Waals surface area contributed by atoms with Gasteiger partial charge in [-0.1, -0.05) is 19.4 Å². The minimum Gasteiger partial charge on any atom is -0.308 e. The van der Waals surface area contributed by atoms with Crippen LogP contribution < -0.4 is 11.3 Å². The molecule has 5 nitrogen and oxygen atoms in total. The highest BCUT2D eigenvalue weighted by molar-refractivity contribution is 5.35. The van der Waals surface area contributed by atoms with Crippen molar-refractivity contribution in [3.63, 3.8) is 0 Å². The van der Waals surface area contributed by atoms with E-state index in [4.69, 9.17) is 5.84 Å². The van der Waals surface area contributed by atoms with Crippen molar-refractivity contribution in [2.24, 2.45) is 5.84 Å². The second-order valence-corrected chi connectivity index (χ2v) is 4.09. The van der Waals surface area contributed by atoms with Gasteiger partial charge in [0, 0.05) is 30.6 Å². The Kier molecular flexibility index (Phi) is 4.20. The first-order valence-electron chi connectivity index (χ1n) is 6.04. The average molecular weight is 243 g/mol. The molecule has 0 bridgehead atoms. The van der Waals surface area contributed by atoms with Gasteiger partial charge in [0.05, 0.1) is 0 Å². The van der Waals surface area contributed by atoms with Crippen LogP contribution >= 0.6 is 0 Å². The summed E-state index contributed by atoms with van der Waals surface area (Å²) in [4.78, 5) is 13.0. The second-order valence-electron chi connectivity index (χ2n) is 4.09. The normalized spacial score (nSPS) is 10.3. The molecule has 0 unspecified atom stereocenters. The van der Waals surface area contributed by atoms with Gasteiger partial charge in [-0.15, -0.1) is 0 Å². The van der Waals surface area contributed by atoms with Gasteiger partial charge in [-0.3, -0.25) is 4.98 Å². The van der Waals surface area contributed by atoms with Crippen molar-refractivity contribution in [3.05, 3.63) is 47.7 Å². The fourth-order valence-electron chi connectivity index (χ4n) is 1.77. The maximum Gasteiger partial charge on any atom is 0.143 e. The highest BCUT2D eigenvalue weighted by Gasteiger charge is 2.05. The number of rotatable bonds is 5. The molecule has 5 heteroatoms. The molecule has 94 valence electrons. The van der Waals surface area contributed by atoms with Crippen LogP contribution in [-0.4, -0.2) is 15.0 Å². The third kappa shape index (κ3) is 3.24. The second kappa shape index (κ2) is 6.07. The Balaban J connectivity index is 2.24. The zero-order valence-electron chi connectivity index (χ0n) is 10.4. The van der Waals surface area contributed by atoms with E-state index in [2.05, 4.69) is 27.3 Å². The summed E-state index contributed by atoms with van der Waals surface area (Å²) in [5.41, 5.74) is 4.69. The Labute approximate surface area is 106 Å². The molecule has 0 saturated carbocycles. The van der Waals surface area contributed by atoms with E-state index in [9.17, 15) is 0 Å². The zero-order chi connectivity index (χ0) is 12.8. The van der Waals surface area contributed by atoms with Crippen LogP contribution in [0.2, 0.25) is 0 Å². The third-order valence-electron chi connectivity index (χ3n) is 2.56. The molecule has 0 radical (unpaired) electrons. The summed E-state index contributed by atoms with van der Waals surface area (Å²) >= 11 is 0. The van der Waals surface area contributed by atoms with Gasteiger partial charge in [-0.25, -0.2) is 15.8 Å². The van der Waals surface area contributed by atoms with E-state index < -0.39 is 0 Å². The molecule has 2 heterocycles. The van der Waals surface area contributed by atoms with Gasteiger partial charge in [-0.05, 0) is 18.1 Å². The highest BCUT2D eigenvalue weighted by Crippen LogP contribution is 2.11. The Morgan fingerprint density at radius 3 is 2.89 bits per heavy atom. The molecule has 2 aromatic rings. The predicted octanol–water partition coefficient (Wildman–Crippen LogP) is 1.70. The summed E-state index contributed by atoms with van der Waals surface area (Å²) in [6.45, 7) is 2.12. The Bertz CT molecular complexity index is 498. The SMILES string of the molecule is CCCc1cc(NN)nc(Cc2cccnc2)n1. The van der Waals surface area contributed by atoms with Crippen molar-refractivity contribution in [3.8, 4) is 0 Å². The van der Waals surface area contributed by atoms with E-state index in [0.29, 0.717) is 12.2 Å². The number of nitrogens with two attached hydrogens (primary N) is 1. The van der Waals surface area contributed by atoms with Crippen molar-refractivity contribution in [2.45, 2.75) is 26.2 Å². The van der Waals surface area contributed by atoms with E-state index in [1.807, 2.05) is 24.4 Å². The molecule has 0 atom stereocenters. The molecule has 3 N–H and O–H groups in total. The number of hydrogen-bond acceptors (Lipinski definition) is 5. The van der Waals surface area contributed by atoms with Crippen LogP contribution in [0.15, 0.2) is 30.6 Å². The summed E-state index contributed by atoms with van der Waals surface area (Å²) in [6, 6.07) is 5.81. The minimum atomic E-state index is 0.660. The van der Waals surface area contributed by atoms with Crippen LogP contribution in [0.3, 0.4) is 0 Å². The molecule has 0 spiro atoms. The lowest BCUT2D eigenvalue weighted by atomic mass is 10.2. The van der Waals surface area contributed by atoms with Crippen molar-refractivity contribution >= 4 is 5.82 Å². The lowest BCUT2D eigenvalue weighted by Crippen LogP contribution is -2.12. The summed E-state index contributed by atoms with van der Waals surface area (Å²) in [7, 11) is 0. The Hall–Kier alpha value is -2.01. The number of anilines is 1. The van der Waals surface area contributed by atoms with Gasteiger partial charge in [0.2, 0.25) is 0 Å². The molecule has 0 aromatic carbocycles. The molecule has 0 amide bonds. The standard InChI is InChI=1S/C13H17N5/c1-2-4-11-8-13(18-14)17-12(16-11)7-10-5-3-6-15-9-10/h3,5-6,8-9H,2,4,7,14H2,1H3,(H,16,17,18). The van der Waals surface area contributed by atoms with Crippen LogP contribution in [0.1, 0.15) is 30.4 Å². The molecule has 2 aromatic heterocycles. The maximum absolute atomic E-state index is 5.42. The summed E-state index contributed by atoms with van der Waals surface area (Å²) in [5, 5.41) is 0. The number of nitrogen functional groups attached to an aromatic ring is 1. The molecule has 18 heavy (non-hydrogen) atoms. The topological polar surface area (TPSA) is 76.7 Å². The zero-order valence-corrected chi connectivity index (χ0v) is 10.4. The summed E-state index contributed by atoms with van der Waals surface area (Å²) < 4.78 is 0. The Morgan fingerprint density at radius 2 is 2.22 bits per heavy atom. The monoisotopic (exact) mass is 243 g/mol. The quantitative estimate of drug-likeness (QED) is 0.617. The number of aryl methyl sites for hydroxylation is 1. The smallest absolute Gasteiger partial charge is 0.143 e. The predicted molar refractivity (Wildman–Crippen MR) is 70.9 cm³/mol. The van der Waals surface area contributed by atoms with E-state index in [1.165, 1.54) is 0 Å². The number of pyridine rings is 1. The molecule has 0 aliphatic carbocycles. The van der Waals surface area contributed by atoms with Gasteiger partial charge in [0.1, 0.15) is 11.6 Å². The first kappa shape index (κ1) is 12.4. The molecule has 0 aliphatic heterocycles. The van der Waals surface area contributed by atoms with Gasteiger partial charge < -0.3 is 5.43 Å². The van der Waals surface area contributed by atoms with Crippen LogP contribution in [0.25, 0.3) is 0 Å². The van der Waals surface area contributed by atoms with E-state index in [-0.39, 0.29) is 0 Å². The highest BCUT2D eigenvalue weighted by atomic mass is 15.3. The van der Waals surface area contributed by atoms with Crippen molar-refractivity contribution in [1.29, 1.82) is 0 Å². The summed E-state index contributed by atoms with van der Waals surface area (Å²) in [5.74, 6) is 6.85. The number of nitrogens with one attached hydrogen (secondary N) is 1. The van der Waals surface area contributed by atoms with Crippen LogP contribution in [0.4, 0.5) is 5.82 Å². The lowest BCUT2D eigenvalue weighted by molar-refractivity contribution is 0.841. The van der Waals surface area contributed by atoms with Crippen LogP contribution in [0.5, 0.6) is 0 Å². The minimum absolute atomic E-state index is 0.660. The van der Waals surface area contributed by atoms with Gasteiger partial charge >= 0.3 is 0 Å². The third-order valence-corrected chi connectivity index (χ3v) is 2.56. The molecule has 2 rings (SSSR count). The van der Waals surface area contributed by atoms with E-state index in [1.54, 1.807) is 6.20 Å². The Morgan fingerprint density at radius 1 is 1.33 bits per heavy atom. The van der Waals surface area contributed by atoms with E-state index >= 15 is 0 Å². The van der Waals surface area contributed by atoms with Crippen LogP contribution in [-0.2, 0) is 12.8 Å². The molecule has 0 fully saturated rings. The van der Waals surface area contributed by atoms with Crippen molar-refractivity contribution in [1.82, 2.24) is 15.0 Å². The number of nitrogens with zero attached hydrogens (tertiary/aromatic N) is 3. The summed E-state index contributed by atoms with van der Waals surface area (Å²) in [6.07, 6.45) is 6.22. The molecule has 0 aliphatic rings. The molecular weight excluding hydrogens is 226 g/mol. The van der Waals surface area contributed by atoms with Gasteiger partial charge in [-0.2, -0.15) is 0 Å². The fraction of sp³-hybridized carbons (Fsp3) is 0.308. The number of aromatic nitrogens is 3. The maximum atomic E-state index is 5.42. The molecular formula is C13H17N5.